The Kier molecular flexibility index (Phi) is 3.74. The van der Waals surface area contributed by atoms with E-state index in [9.17, 15) is 0 Å². The van der Waals surface area contributed by atoms with Crippen molar-refractivity contribution in [2.24, 2.45) is 0 Å². The highest BCUT2D eigenvalue weighted by Gasteiger charge is 2.20. The number of rotatable bonds is 2. The molecule has 2 aromatic rings. The first-order valence-electron chi connectivity index (χ1n) is 8.29. The molecule has 4 rings (SSSR count). The minimum Gasteiger partial charge on any atom is -0.491 e. The first kappa shape index (κ1) is 14.2. The first-order valence-corrected chi connectivity index (χ1v) is 8.29. The lowest BCUT2D eigenvalue weighted by Crippen LogP contribution is -2.32. The number of fused-ring (bicyclic) bond motifs is 2. The van der Waals surface area contributed by atoms with E-state index in [1.54, 1.807) is 0 Å². The number of nitrogens with one attached hydrogen (secondary N) is 2. The summed E-state index contributed by atoms with van der Waals surface area (Å²) in [4.78, 5) is 0. The van der Waals surface area contributed by atoms with Crippen molar-refractivity contribution < 1.29 is 9.47 Å². The van der Waals surface area contributed by atoms with Gasteiger partial charge in [-0.05, 0) is 48.7 Å². The van der Waals surface area contributed by atoms with Crippen molar-refractivity contribution in [3.63, 3.8) is 0 Å². The zero-order valence-corrected chi connectivity index (χ0v) is 13.4. The molecular formula is C19H22N2O2. The minimum absolute atomic E-state index is 0.140. The largest absolute Gasteiger partial charge is 0.491 e. The van der Waals surface area contributed by atoms with Crippen LogP contribution in [0.1, 0.15) is 17.5 Å². The van der Waals surface area contributed by atoms with Crippen LogP contribution in [0.25, 0.3) is 0 Å². The maximum atomic E-state index is 6.17. The van der Waals surface area contributed by atoms with Gasteiger partial charge in [-0.25, -0.2) is 0 Å². The van der Waals surface area contributed by atoms with Crippen LogP contribution in [0, 0.1) is 6.92 Å². The van der Waals surface area contributed by atoms with Crippen LogP contribution in [0.4, 0.5) is 11.4 Å². The summed E-state index contributed by atoms with van der Waals surface area (Å²) >= 11 is 0. The number of benzene rings is 2. The van der Waals surface area contributed by atoms with Crippen LogP contribution in [0.15, 0.2) is 36.4 Å². The van der Waals surface area contributed by atoms with Gasteiger partial charge in [0.05, 0.1) is 24.5 Å². The Labute approximate surface area is 136 Å². The summed E-state index contributed by atoms with van der Waals surface area (Å²) in [6.45, 7) is 4.66. The molecule has 0 fully saturated rings. The average Bonchev–Trinajstić information content (AvgIpc) is 2.79. The summed E-state index contributed by atoms with van der Waals surface area (Å²) in [7, 11) is 0. The Morgan fingerprint density at radius 3 is 2.87 bits per heavy atom. The third-order valence-electron chi connectivity index (χ3n) is 4.35. The monoisotopic (exact) mass is 310 g/mol. The molecule has 2 heterocycles. The van der Waals surface area contributed by atoms with E-state index in [2.05, 4.69) is 54.0 Å². The fourth-order valence-corrected chi connectivity index (χ4v) is 3.13. The van der Waals surface area contributed by atoms with E-state index >= 15 is 0 Å². The fourth-order valence-electron chi connectivity index (χ4n) is 3.13. The van der Waals surface area contributed by atoms with Crippen LogP contribution in [0.2, 0.25) is 0 Å². The van der Waals surface area contributed by atoms with Crippen LogP contribution in [-0.2, 0) is 6.42 Å². The fraction of sp³-hybridized carbons (Fsp3) is 0.368. The maximum Gasteiger partial charge on any atom is 0.143 e. The van der Waals surface area contributed by atoms with Crippen LogP contribution in [0.5, 0.6) is 11.5 Å². The zero-order valence-electron chi connectivity index (χ0n) is 13.4. The zero-order chi connectivity index (χ0) is 15.6. The van der Waals surface area contributed by atoms with Crippen LogP contribution in [-0.4, -0.2) is 25.8 Å². The number of hydrogen-bond acceptors (Lipinski definition) is 4. The third-order valence-corrected chi connectivity index (χ3v) is 4.35. The van der Waals surface area contributed by atoms with E-state index in [0.29, 0.717) is 0 Å². The molecule has 0 saturated heterocycles. The lowest BCUT2D eigenvalue weighted by Gasteiger charge is -2.28. The topological polar surface area (TPSA) is 42.5 Å². The van der Waals surface area contributed by atoms with Crippen LogP contribution >= 0.6 is 0 Å². The second-order valence-corrected chi connectivity index (χ2v) is 6.28. The molecule has 0 amide bonds. The number of anilines is 2. The van der Waals surface area contributed by atoms with Gasteiger partial charge in [0.25, 0.3) is 0 Å². The number of hydrogen-bond donors (Lipinski definition) is 2. The predicted octanol–water partition coefficient (Wildman–Crippen LogP) is 3.61. The Bertz CT molecular complexity index is 715. The lowest BCUT2D eigenvalue weighted by molar-refractivity contribution is 0.206. The van der Waals surface area contributed by atoms with E-state index in [1.165, 1.54) is 11.1 Å². The molecule has 0 aromatic heterocycles. The molecule has 120 valence electrons. The molecule has 23 heavy (non-hydrogen) atoms. The van der Waals surface area contributed by atoms with Crippen molar-refractivity contribution in [2.75, 3.05) is 30.3 Å². The third kappa shape index (κ3) is 3.07. The maximum absolute atomic E-state index is 6.17. The molecule has 2 aliphatic heterocycles. The molecule has 0 spiro atoms. The van der Waals surface area contributed by atoms with E-state index in [1.807, 2.05) is 0 Å². The SMILES string of the molecule is Cc1ccc2c(c1)OC(Cc1ccc3c(c1)OCCCN3)CN2. The van der Waals surface area contributed by atoms with E-state index < -0.39 is 0 Å². The van der Waals surface area contributed by atoms with Gasteiger partial charge in [0.15, 0.2) is 0 Å². The molecule has 0 radical (unpaired) electrons. The minimum atomic E-state index is 0.140. The van der Waals surface area contributed by atoms with Gasteiger partial charge in [-0.3, -0.25) is 0 Å². The Balaban J connectivity index is 1.49. The van der Waals surface area contributed by atoms with Gasteiger partial charge in [-0.15, -0.1) is 0 Å². The van der Waals surface area contributed by atoms with E-state index in [0.717, 1.165) is 55.4 Å². The van der Waals surface area contributed by atoms with Gasteiger partial charge >= 0.3 is 0 Å². The normalized spacial score (nSPS) is 19.1. The summed E-state index contributed by atoms with van der Waals surface area (Å²) in [6.07, 6.45) is 2.05. The molecule has 1 atom stereocenters. The summed E-state index contributed by atoms with van der Waals surface area (Å²) < 4.78 is 12.0. The Morgan fingerprint density at radius 1 is 1.04 bits per heavy atom. The van der Waals surface area contributed by atoms with Gasteiger partial charge in [0.1, 0.15) is 17.6 Å². The Hall–Kier alpha value is -2.36. The molecule has 4 nitrogen and oxygen atoms in total. The van der Waals surface area contributed by atoms with Gasteiger partial charge in [0.2, 0.25) is 0 Å². The van der Waals surface area contributed by atoms with E-state index in [4.69, 9.17) is 9.47 Å². The molecule has 1 unspecified atom stereocenters. The predicted molar refractivity (Wildman–Crippen MR) is 92.8 cm³/mol. The summed E-state index contributed by atoms with van der Waals surface area (Å²) in [5, 5.41) is 6.87. The first-order chi connectivity index (χ1) is 11.3. The average molecular weight is 310 g/mol. The molecule has 0 saturated carbocycles. The standard InChI is InChI=1S/C19H22N2O2/c1-13-3-5-17-19(9-13)23-15(12-21-17)10-14-4-6-16-18(11-14)22-8-2-7-20-16/h3-6,9,11,15,20-21H,2,7-8,10,12H2,1H3. The van der Waals surface area contributed by atoms with Crippen molar-refractivity contribution in [2.45, 2.75) is 25.9 Å². The van der Waals surface area contributed by atoms with Gasteiger partial charge in [-0.2, -0.15) is 0 Å². The quantitative estimate of drug-likeness (QED) is 0.889. The Morgan fingerprint density at radius 2 is 1.91 bits per heavy atom. The molecule has 0 aliphatic carbocycles. The second-order valence-electron chi connectivity index (χ2n) is 6.28. The van der Waals surface area contributed by atoms with Gasteiger partial charge < -0.3 is 20.1 Å². The smallest absolute Gasteiger partial charge is 0.143 e. The summed E-state index contributed by atoms with van der Waals surface area (Å²) in [6, 6.07) is 12.7. The lowest BCUT2D eigenvalue weighted by atomic mass is 10.0. The number of aryl methyl sites for hydroxylation is 1. The van der Waals surface area contributed by atoms with E-state index in [-0.39, 0.29) is 6.10 Å². The van der Waals surface area contributed by atoms with Gasteiger partial charge in [0, 0.05) is 13.0 Å². The van der Waals surface area contributed by atoms with Crippen LogP contribution < -0.4 is 20.1 Å². The van der Waals surface area contributed by atoms with Crippen molar-refractivity contribution >= 4 is 11.4 Å². The molecule has 2 aliphatic rings. The van der Waals surface area contributed by atoms with Crippen molar-refractivity contribution in [3.8, 4) is 11.5 Å². The molecule has 0 bridgehead atoms. The molecular weight excluding hydrogens is 288 g/mol. The summed E-state index contributed by atoms with van der Waals surface area (Å²) in [5.41, 5.74) is 4.64. The molecule has 2 N–H and O–H groups in total. The molecule has 4 heteroatoms. The highest BCUT2D eigenvalue weighted by atomic mass is 16.5. The van der Waals surface area contributed by atoms with Crippen LogP contribution in [0.3, 0.4) is 0 Å². The second kappa shape index (κ2) is 6.03. The van der Waals surface area contributed by atoms with Crippen molar-refractivity contribution in [1.82, 2.24) is 0 Å². The highest BCUT2D eigenvalue weighted by molar-refractivity contribution is 5.60. The van der Waals surface area contributed by atoms with Crippen molar-refractivity contribution in [1.29, 1.82) is 0 Å². The van der Waals surface area contributed by atoms with Gasteiger partial charge in [-0.1, -0.05) is 12.1 Å². The highest BCUT2D eigenvalue weighted by Crippen LogP contribution is 2.32. The van der Waals surface area contributed by atoms with Crippen molar-refractivity contribution in [3.05, 3.63) is 47.5 Å². The molecule has 2 aromatic carbocycles. The number of ether oxygens (including phenoxy) is 2. The summed E-state index contributed by atoms with van der Waals surface area (Å²) in [5.74, 6) is 1.91.